The van der Waals surface area contributed by atoms with Crippen molar-refractivity contribution in [2.24, 2.45) is 0 Å². The number of nitrogens with one attached hydrogen (secondary N) is 3. The number of halogens is 1. The van der Waals surface area contributed by atoms with E-state index in [-0.39, 0.29) is 30.0 Å². The molecular weight excluding hydrogens is 416 g/mol. The maximum absolute atomic E-state index is 12.5. The molecule has 2 aromatic rings. The Morgan fingerprint density at radius 2 is 1.87 bits per heavy atom. The van der Waals surface area contributed by atoms with Crippen molar-refractivity contribution >= 4 is 35.0 Å². The van der Waals surface area contributed by atoms with Crippen molar-refractivity contribution in [3.63, 3.8) is 0 Å². The maximum Gasteiger partial charge on any atom is 0.253 e. The summed E-state index contributed by atoms with van der Waals surface area (Å²) < 4.78 is 0. The highest BCUT2D eigenvalue weighted by Crippen LogP contribution is 2.21. The van der Waals surface area contributed by atoms with E-state index in [9.17, 15) is 14.4 Å². The van der Waals surface area contributed by atoms with Gasteiger partial charge in [-0.15, -0.1) is 0 Å². The topological polar surface area (TPSA) is 90.5 Å². The van der Waals surface area contributed by atoms with Gasteiger partial charge in [-0.1, -0.05) is 41.4 Å². The van der Waals surface area contributed by atoms with Crippen LogP contribution < -0.4 is 16.0 Å². The lowest BCUT2D eigenvalue weighted by Gasteiger charge is -2.17. The van der Waals surface area contributed by atoms with Crippen LogP contribution in [0.5, 0.6) is 0 Å². The zero-order valence-electron chi connectivity index (χ0n) is 17.7. The molecule has 1 aliphatic rings. The number of carbonyl (C=O) groups excluding carboxylic acids is 3. The van der Waals surface area contributed by atoms with E-state index >= 15 is 0 Å². The van der Waals surface area contributed by atoms with Gasteiger partial charge in [-0.05, 0) is 37.1 Å². The molecule has 8 heteroatoms. The minimum atomic E-state index is -0.478. The largest absolute Gasteiger partial charge is 0.350 e. The molecule has 3 N–H and O–H groups in total. The van der Waals surface area contributed by atoms with Crippen molar-refractivity contribution < 1.29 is 14.4 Å². The molecule has 0 spiro atoms. The van der Waals surface area contributed by atoms with Gasteiger partial charge in [0.15, 0.2) is 0 Å². The maximum atomic E-state index is 12.5. The molecule has 0 bridgehead atoms. The lowest BCUT2D eigenvalue weighted by atomic mass is 10.1. The molecule has 164 valence electrons. The zero-order chi connectivity index (χ0) is 22.4. The third-order valence-corrected chi connectivity index (χ3v) is 5.35. The fourth-order valence-electron chi connectivity index (χ4n) is 3.58. The fraction of sp³-hybridized carbons (Fsp3) is 0.348. The number of anilines is 1. The molecular formula is C23H27ClN4O3. The van der Waals surface area contributed by atoms with Gasteiger partial charge < -0.3 is 16.0 Å². The first-order valence-corrected chi connectivity index (χ1v) is 10.6. The van der Waals surface area contributed by atoms with Gasteiger partial charge in [0.1, 0.15) is 0 Å². The van der Waals surface area contributed by atoms with E-state index in [1.54, 1.807) is 12.1 Å². The molecule has 0 saturated carbocycles. The minimum Gasteiger partial charge on any atom is -0.350 e. The number of carbonyl (C=O) groups is 3. The highest BCUT2D eigenvalue weighted by atomic mass is 35.5. The van der Waals surface area contributed by atoms with Gasteiger partial charge in [-0.25, -0.2) is 0 Å². The van der Waals surface area contributed by atoms with Crippen LogP contribution in [0, 0.1) is 6.92 Å². The number of hydrogen-bond acceptors (Lipinski definition) is 4. The van der Waals surface area contributed by atoms with Crippen LogP contribution in [0.4, 0.5) is 5.69 Å². The molecule has 0 aliphatic carbocycles. The number of likely N-dealkylation sites (tertiary alicyclic amines) is 1. The van der Waals surface area contributed by atoms with Gasteiger partial charge in [-0.2, -0.15) is 0 Å². The van der Waals surface area contributed by atoms with Crippen LogP contribution in [-0.2, 0) is 16.1 Å². The second kappa shape index (κ2) is 10.4. The van der Waals surface area contributed by atoms with Crippen LogP contribution in [0.15, 0.2) is 42.5 Å². The van der Waals surface area contributed by atoms with Crippen LogP contribution in [0.25, 0.3) is 0 Å². The molecule has 0 unspecified atom stereocenters. The Morgan fingerprint density at radius 1 is 1.13 bits per heavy atom. The summed E-state index contributed by atoms with van der Waals surface area (Å²) in [6, 6.07) is 13.1. The average molecular weight is 443 g/mol. The number of hydrogen-bond donors (Lipinski definition) is 3. The SMILES string of the molecule is CC(=O)Nc1ccc(Cl)cc1C(=O)NCC(=O)N[C@@H]1CCN(Cc2ccc(C)cc2)C1. The van der Waals surface area contributed by atoms with E-state index in [1.807, 2.05) is 0 Å². The van der Waals surface area contributed by atoms with Crippen molar-refractivity contribution in [2.45, 2.75) is 32.9 Å². The van der Waals surface area contributed by atoms with E-state index in [0.717, 1.165) is 26.1 Å². The van der Waals surface area contributed by atoms with E-state index in [2.05, 4.69) is 52.0 Å². The molecule has 0 aromatic heterocycles. The van der Waals surface area contributed by atoms with E-state index < -0.39 is 5.91 Å². The molecule has 1 saturated heterocycles. The van der Waals surface area contributed by atoms with Crippen molar-refractivity contribution in [1.29, 1.82) is 0 Å². The Labute approximate surface area is 187 Å². The molecule has 0 radical (unpaired) electrons. The summed E-state index contributed by atoms with van der Waals surface area (Å²) >= 11 is 5.98. The van der Waals surface area contributed by atoms with Crippen molar-refractivity contribution in [3.8, 4) is 0 Å². The number of benzene rings is 2. The zero-order valence-corrected chi connectivity index (χ0v) is 18.5. The summed E-state index contributed by atoms with van der Waals surface area (Å²) in [5.41, 5.74) is 3.04. The quantitative estimate of drug-likeness (QED) is 0.615. The first kappa shape index (κ1) is 22.8. The number of rotatable bonds is 7. The molecule has 3 amide bonds. The summed E-state index contributed by atoms with van der Waals surface area (Å²) in [5, 5.41) is 8.53. The number of aryl methyl sites for hydroxylation is 1. The first-order chi connectivity index (χ1) is 14.8. The van der Waals surface area contributed by atoms with Crippen LogP contribution in [0.2, 0.25) is 5.02 Å². The normalized spacial score (nSPS) is 16.0. The highest BCUT2D eigenvalue weighted by molar-refractivity contribution is 6.31. The van der Waals surface area contributed by atoms with Crippen LogP contribution in [-0.4, -0.2) is 48.3 Å². The Balaban J connectivity index is 1.47. The standard InChI is InChI=1S/C23H27ClN4O3/c1-15-3-5-17(6-4-15)13-28-10-9-19(14-28)27-22(30)12-25-23(31)20-11-18(24)7-8-21(20)26-16(2)29/h3-8,11,19H,9-10,12-14H2,1-2H3,(H,25,31)(H,26,29)(H,27,30)/t19-/m1/s1. The number of amides is 3. The fourth-order valence-corrected chi connectivity index (χ4v) is 3.76. The molecule has 1 fully saturated rings. The molecule has 1 heterocycles. The Bertz CT molecular complexity index is 962. The average Bonchev–Trinajstić information content (AvgIpc) is 3.15. The highest BCUT2D eigenvalue weighted by Gasteiger charge is 2.24. The first-order valence-electron chi connectivity index (χ1n) is 10.2. The summed E-state index contributed by atoms with van der Waals surface area (Å²) in [6.07, 6.45) is 0.868. The predicted molar refractivity (Wildman–Crippen MR) is 121 cm³/mol. The Kier molecular flexibility index (Phi) is 7.65. The summed E-state index contributed by atoms with van der Waals surface area (Å²) in [4.78, 5) is 38.5. The Morgan fingerprint density at radius 3 is 2.58 bits per heavy atom. The predicted octanol–water partition coefficient (Wildman–Crippen LogP) is 2.73. The molecule has 1 aliphatic heterocycles. The summed E-state index contributed by atoms with van der Waals surface area (Å²) in [5.74, 6) is -1.03. The van der Waals surface area contributed by atoms with Gasteiger partial charge in [0.05, 0.1) is 17.8 Å². The molecule has 1 atom stereocenters. The number of nitrogens with zero attached hydrogens (tertiary/aromatic N) is 1. The monoisotopic (exact) mass is 442 g/mol. The van der Waals surface area contributed by atoms with Crippen molar-refractivity contribution in [3.05, 3.63) is 64.2 Å². The summed E-state index contributed by atoms with van der Waals surface area (Å²) in [6.45, 7) is 5.80. The van der Waals surface area contributed by atoms with Gasteiger partial charge in [0.2, 0.25) is 11.8 Å². The summed E-state index contributed by atoms with van der Waals surface area (Å²) in [7, 11) is 0. The second-order valence-corrected chi connectivity index (χ2v) is 8.26. The van der Waals surface area contributed by atoms with Crippen LogP contribution >= 0.6 is 11.6 Å². The van der Waals surface area contributed by atoms with Gasteiger partial charge >= 0.3 is 0 Å². The van der Waals surface area contributed by atoms with E-state index in [0.29, 0.717) is 10.7 Å². The van der Waals surface area contributed by atoms with Gasteiger partial charge in [0, 0.05) is 37.6 Å². The molecule has 2 aromatic carbocycles. The smallest absolute Gasteiger partial charge is 0.253 e. The second-order valence-electron chi connectivity index (χ2n) is 7.83. The van der Waals surface area contributed by atoms with Crippen LogP contribution in [0.3, 0.4) is 0 Å². The lowest BCUT2D eigenvalue weighted by Crippen LogP contribution is -2.43. The lowest BCUT2D eigenvalue weighted by molar-refractivity contribution is -0.120. The third kappa shape index (κ3) is 6.80. The molecule has 31 heavy (non-hydrogen) atoms. The minimum absolute atomic E-state index is 0.0518. The Hall–Kier alpha value is -2.90. The molecule has 7 nitrogen and oxygen atoms in total. The van der Waals surface area contributed by atoms with Crippen molar-refractivity contribution in [2.75, 3.05) is 25.0 Å². The molecule has 3 rings (SSSR count). The third-order valence-electron chi connectivity index (χ3n) is 5.11. The van der Waals surface area contributed by atoms with Gasteiger partial charge in [0.25, 0.3) is 5.91 Å². The van der Waals surface area contributed by atoms with Crippen LogP contribution in [0.1, 0.15) is 34.8 Å². The van der Waals surface area contributed by atoms with Crippen molar-refractivity contribution in [1.82, 2.24) is 15.5 Å². The van der Waals surface area contributed by atoms with E-state index in [4.69, 9.17) is 11.6 Å². The van der Waals surface area contributed by atoms with Gasteiger partial charge in [-0.3, -0.25) is 19.3 Å². The van der Waals surface area contributed by atoms with E-state index in [1.165, 1.54) is 24.1 Å².